The van der Waals surface area contributed by atoms with Gasteiger partial charge >= 0.3 is 24.3 Å². The number of carbonyl (C=O) groups excluding carboxylic acids is 2. The average Bonchev–Trinajstić information content (AvgIpc) is 3.32. The number of aliphatic imine (C=N–C) groups is 2. The SMILES string of the molecule is CCCCCCCCOc1ccc(N=Cc2ccc(C(=O)Oc3ccc(C#N)c(OC(=O)c4ccc(C=Nc5ccc(OCCCCCCCC)cc5C(F)(F)F)cc4)c3)cc2)c(C(F)(F)F)c1. The summed E-state index contributed by atoms with van der Waals surface area (Å²) >= 11 is 0. The molecule has 0 radical (unpaired) electrons. The third-order valence-corrected chi connectivity index (χ3v) is 10.6. The van der Waals surface area contributed by atoms with E-state index >= 15 is 0 Å². The van der Waals surface area contributed by atoms with E-state index in [0.29, 0.717) is 24.3 Å². The standard InChI is InChI=1S/C53H53F6N3O6/c1-3-5-7-9-11-13-29-65-42-25-27-47(45(31-42)52(54,55)56)61-35-37-15-19-39(20-16-37)50(63)67-44-24-23-41(34-60)49(33-44)68-51(64)40-21-17-38(18-22-40)36-62-48-28-26-43(32-46(48)53(57,58)59)66-30-14-12-10-8-6-4-2/h15-28,31-33,35-36H,3-14,29-30H2,1-2H3. The molecule has 0 heterocycles. The van der Waals surface area contributed by atoms with Crippen LogP contribution in [0.4, 0.5) is 37.7 Å². The Bertz CT molecular complexity index is 2530. The summed E-state index contributed by atoms with van der Waals surface area (Å²) in [6, 6.07) is 24.3. The van der Waals surface area contributed by atoms with Crippen LogP contribution >= 0.6 is 0 Å². The van der Waals surface area contributed by atoms with Crippen LogP contribution in [-0.2, 0) is 12.4 Å². The Balaban J connectivity index is 1.17. The molecule has 0 saturated carbocycles. The van der Waals surface area contributed by atoms with E-state index in [1.807, 2.05) is 6.07 Å². The topological polar surface area (TPSA) is 120 Å². The van der Waals surface area contributed by atoms with Gasteiger partial charge in [0.25, 0.3) is 0 Å². The summed E-state index contributed by atoms with van der Waals surface area (Å²) in [6.07, 6.45) is 5.34. The molecule has 0 aliphatic carbocycles. The molecule has 0 aromatic heterocycles. The zero-order chi connectivity index (χ0) is 48.9. The largest absolute Gasteiger partial charge is 0.494 e. The van der Waals surface area contributed by atoms with E-state index in [0.717, 1.165) is 89.2 Å². The van der Waals surface area contributed by atoms with Crippen molar-refractivity contribution in [2.75, 3.05) is 13.2 Å². The first-order valence-corrected chi connectivity index (χ1v) is 22.6. The van der Waals surface area contributed by atoms with E-state index < -0.39 is 35.4 Å². The molecule has 0 spiro atoms. The van der Waals surface area contributed by atoms with Gasteiger partial charge in [0.15, 0.2) is 5.75 Å². The molecule has 5 rings (SSSR count). The zero-order valence-corrected chi connectivity index (χ0v) is 37.9. The minimum atomic E-state index is -4.69. The Kier molecular flexibility index (Phi) is 19.8. The van der Waals surface area contributed by atoms with Crippen molar-refractivity contribution >= 4 is 35.7 Å². The number of halogens is 6. The summed E-state index contributed by atoms with van der Waals surface area (Å²) in [4.78, 5) is 34.3. The van der Waals surface area contributed by atoms with Crippen molar-refractivity contribution in [3.8, 4) is 29.1 Å². The highest BCUT2D eigenvalue weighted by molar-refractivity contribution is 5.94. The number of nitrogens with zero attached hydrogens (tertiary/aromatic N) is 3. The summed E-state index contributed by atoms with van der Waals surface area (Å²) in [5, 5.41) is 9.67. The van der Waals surface area contributed by atoms with Crippen LogP contribution in [0.3, 0.4) is 0 Å². The lowest BCUT2D eigenvalue weighted by atomic mass is 10.1. The van der Waals surface area contributed by atoms with Crippen LogP contribution in [0.15, 0.2) is 113 Å². The van der Waals surface area contributed by atoms with Gasteiger partial charge in [0.2, 0.25) is 0 Å². The van der Waals surface area contributed by atoms with Crippen molar-refractivity contribution < 1.29 is 54.9 Å². The minimum absolute atomic E-state index is 0.0411. The van der Waals surface area contributed by atoms with Crippen molar-refractivity contribution in [1.82, 2.24) is 0 Å². The molecule has 358 valence electrons. The van der Waals surface area contributed by atoms with Crippen LogP contribution in [0, 0.1) is 11.3 Å². The quantitative estimate of drug-likeness (QED) is 0.0199. The molecule has 0 amide bonds. The maximum Gasteiger partial charge on any atom is 0.418 e. The lowest BCUT2D eigenvalue weighted by Crippen LogP contribution is -2.11. The highest BCUT2D eigenvalue weighted by Crippen LogP contribution is 2.40. The molecular weight excluding hydrogens is 889 g/mol. The molecule has 15 heteroatoms. The molecule has 0 bridgehead atoms. The smallest absolute Gasteiger partial charge is 0.418 e. The molecule has 5 aromatic rings. The molecular formula is C53H53F6N3O6. The normalized spacial score (nSPS) is 11.8. The lowest BCUT2D eigenvalue weighted by molar-refractivity contribution is -0.138. The van der Waals surface area contributed by atoms with E-state index in [1.165, 1.54) is 103 Å². The number of alkyl halides is 6. The molecule has 5 aromatic carbocycles. The van der Waals surface area contributed by atoms with Crippen molar-refractivity contribution in [3.63, 3.8) is 0 Å². The molecule has 0 aliphatic rings. The van der Waals surface area contributed by atoms with Gasteiger partial charge in [-0.3, -0.25) is 9.98 Å². The summed E-state index contributed by atoms with van der Waals surface area (Å²) in [7, 11) is 0. The number of hydrogen-bond acceptors (Lipinski definition) is 9. The van der Waals surface area contributed by atoms with Crippen LogP contribution in [0.5, 0.6) is 23.0 Å². The minimum Gasteiger partial charge on any atom is -0.494 e. The second kappa shape index (κ2) is 25.8. The number of esters is 2. The molecule has 0 atom stereocenters. The van der Waals surface area contributed by atoms with E-state index in [4.69, 9.17) is 18.9 Å². The van der Waals surface area contributed by atoms with E-state index in [-0.39, 0.29) is 51.1 Å². The van der Waals surface area contributed by atoms with Gasteiger partial charge in [-0.2, -0.15) is 31.6 Å². The fourth-order valence-corrected chi connectivity index (χ4v) is 6.80. The average molecular weight is 942 g/mol. The van der Waals surface area contributed by atoms with Crippen LogP contribution in [0.25, 0.3) is 0 Å². The fourth-order valence-electron chi connectivity index (χ4n) is 6.80. The number of ether oxygens (including phenoxy) is 4. The lowest BCUT2D eigenvalue weighted by Gasteiger charge is -2.13. The number of nitriles is 1. The van der Waals surface area contributed by atoms with Gasteiger partial charge in [0.05, 0.1) is 52.4 Å². The van der Waals surface area contributed by atoms with Gasteiger partial charge in [-0.25, -0.2) is 9.59 Å². The summed E-state index contributed by atoms with van der Waals surface area (Å²) in [5.41, 5.74) is -1.66. The predicted molar refractivity (Wildman–Crippen MR) is 249 cm³/mol. The van der Waals surface area contributed by atoms with Gasteiger partial charge in [-0.15, -0.1) is 0 Å². The monoisotopic (exact) mass is 941 g/mol. The van der Waals surface area contributed by atoms with Gasteiger partial charge in [-0.05, 0) is 96.8 Å². The molecule has 0 saturated heterocycles. The molecule has 0 N–H and O–H groups in total. The third-order valence-electron chi connectivity index (χ3n) is 10.6. The number of carbonyl (C=O) groups is 2. The summed E-state index contributed by atoms with van der Waals surface area (Å²) < 4.78 is 106. The highest BCUT2D eigenvalue weighted by Gasteiger charge is 2.35. The van der Waals surface area contributed by atoms with Crippen LogP contribution in [0.2, 0.25) is 0 Å². The first-order valence-electron chi connectivity index (χ1n) is 22.6. The maximum absolute atomic E-state index is 14.0. The number of hydrogen-bond donors (Lipinski definition) is 0. The Labute approximate surface area is 392 Å². The highest BCUT2D eigenvalue weighted by atomic mass is 19.4. The first-order chi connectivity index (χ1) is 32.7. The van der Waals surface area contributed by atoms with E-state index in [1.54, 1.807) is 0 Å². The van der Waals surface area contributed by atoms with Crippen LogP contribution in [0.1, 0.15) is 139 Å². The van der Waals surface area contributed by atoms with Crippen LogP contribution < -0.4 is 18.9 Å². The molecule has 0 aliphatic heterocycles. The zero-order valence-electron chi connectivity index (χ0n) is 37.9. The predicted octanol–water partition coefficient (Wildman–Crippen LogP) is 15.0. The van der Waals surface area contributed by atoms with Gasteiger partial charge < -0.3 is 18.9 Å². The Morgan fingerprint density at radius 3 is 1.37 bits per heavy atom. The molecule has 68 heavy (non-hydrogen) atoms. The fraction of sp³-hybridized carbons (Fsp3) is 0.340. The second-order valence-corrected chi connectivity index (χ2v) is 15.9. The third kappa shape index (κ3) is 16.4. The van der Waals surface area contributed by atoms with Gasteiger partial charge in [0, 0.05) is 18.5 Å². The Morgan fingerprint density at radius 2 is 0.941 bits per heavy atom. The van der Waals surface area contributed by atoms with Crippen molar-refractivity contribution in [1.29, 1.82) is 5.26 Å². The van der Waals surface area contributed by atoms with Crippen LogP contribution in [-0.4, -0.2) is 37.6 Å². The number of unbranched alkanes of at least 4 members (excludes halogenated alkanes) is 10. The maximum atomic E-state index is 14.0. The molecule has 9 nitrogen and oxygen atoms in total. The Hall–Kier alpha value is -6.95. The first kappa shape index (κ1) is 52.0. The molecule has 0 unspecified atom stereocenters. The summed E-state index contributed by atoms with van der Waals surface area (Å²) in [5.74, 6) is -1.77. The number of rotatable bonds is 24. The summed E-state index contributed by atoms with van der Waals surface area (Å²) in [6.45, 7) is 4.87. The van der Waals surface area contributed by atoms with E-state index in [9.17, 15) is 41.2 Å². The van der Waals surface area contributed by atoms with E-state index in [2.05, 4.69) is 23.8 Å². The second-order valence-electron chi connectivity index (χ2n) is 15.9. The van der Waals surface area contributed by atoms with Gasteiger partial charge in [0.1, 0.15) is 23.3 Å². The van der Waals surface area contributed by atoms with Crippen molar-refractivity contribution in [2.45, 2.75) is 103 Å². The molecule has 0 fully saturated rings. The van der Waals surface area contributed by atoms with Crippen molar-refractivity contribution in [3.05, 3.63) is 142 Å². The van der Waals surface area contributed by atoms with Gasteiger partial charge in [-0.1, -0.05) is 102 Å². The number of benzene rings is 5. The van der Waals surface area contributed by atoms with Crippen molar-refractivity contribution in [2.24, 2.45) is 9.98 Å². The Morgan fingerprint density at radius 1 is 0.529 bits per heavy atom.